The smallest absolute Gasteiger partial charge is 0.341 e. The summed E-state index contributed by atoms with van der Waals surface area (Å²) >= 11 is 0. The number of ketones is 1. The van der Waals surface area contributed by atoms with E-state index in [9.17, 15) is 14.4 Å². The second-order valence-electron chi connectivity index (χ2n) is 8.13. The summed E-state index contributed by atoms with van der Waals surface area (Å²) in [6, 6.07) is 0. The average Bonchev–Trinajstić information content (AvgIpc) is 3.17. The molecule has 2 fully saturated rings. The highest BCUT2D eigenvalue weighted by molar-refractivity contribution is 5.96. The predicted molar refractivity (Wildman–Crippen MR) is 99.3 cm³/mol. The van der Waals surface area contributed by atoms with Gasteiger partial charge >= 0.3 is 11.9 Å². The van der Waals surface area contributed by atoms with Crippen LogP contribution < -0.4 is 0 Å². The summed E-state index contributed by atoms with van der Waals surface area (Å²) in [4.78, 5) is 38.2. The minimum atomic E-state index is -1.19. The van der Waals surface area contributed by atoms with Crippen LogP contribution in [0, 0.1) is 11.8 Å². The van der Waals surface area contributed by atoms with E-state index >= 15 is 0 Å². The van der Waals surface area contributed by atoms with Gasteiger partial charge in [0.2, 0.25) is 0 Å². The number of epoxide rings is 1. The molecule has 154 valence electrons. The van der Waals surface area contributed by atoms with Crippen LogP contribution in [0.2, 0.25) is 0 Å². The van der Waals surface area contributed by atoms with Gasteiger partial charge in [-0.05, 0) is 39.7 Å². The van der Waals surface area contributed by atoms with Crippen molar-refractivity contribution in [2.75, 3.05) is 7.11 Å². The van der Waals surface area contributed by atoms with Crippen LogP contribution in [0.4, 0.5) is 0 Å². The lowest BCUT2D eigenvalue weighted by molar-refractivity contribution is -0.166. The highest BCUT2D eigenvalue weighted by Crippen LogP contribution is 2.40. The van der Waals surface area contributed by atoms with Gasteiger partial charge in [-0.15, -0.1) is 0 Å². The van der Waals surface area contributed by atoms with Crippen molar-refractivity contribution in [2.45, 2.75) is 70.6 Å². The molecule has 3 rings (SSSR count). The van der Waals surface area contributed by atoms with E-state index < -0.39 is 41.6 Å². The molecule has 0 saturated carbocycles. The summed E-state index contributed by atoms with van der Waals surface area (Å²) in [6.07, 6.45) is 0.648. The van der Waals surface area contributed by atoms with E-state index in [1.807, 2.05) is 13.0 Å². The van der Waals surface area contributed by atoms with E-state index in [1.54, 1.807) is 27.9 Å². The van der Waals surface area contributed by atoms with Crippen LogP contribution in [0.3, 0.4) is 0 Å². The van der Waals surface area contributed by atoms with Gasteiger partial charge in [-0.2, -0.15) is 0 Å². The third-order valence-corrected chi connectivity index (χ3v) is 6.23. The number of carbonyl (C=O) groups excluding carboxylic acids is 3. The number of hydrogen-bond acceptors (Lipinski definition) is 7. The Morgan fingerprint density at radius 2 is 1.96 bits per heavy atom. The Morgan fingerprint density at radius 1 is 1.32 bits per heavy atom. The Morgan fingerprint density at radius 3 is 2.54 bits per heavy atom. The number of rotatable bonds is 3. The molecule has 2 heterocycles. The lowest BCUT2D eigenvalue weighted by atomic mass is 9.80. The van der Waals surface area contributed by atoms with Crippen LogP contribution >= 0.6 is 0 Å². The molecular weight excluding hydrogens is 364 g/mol. The predicted octanol–water partition coefficient (Wildman–Crippen LogP) is 2.13. The highest BCUT2D eigenvalue weighted by atomic mass is 16.7. The fraction of sp³-hybridized carbons (Fsp3) is 0.667. The number of hydrogen-bond donors (Lipinski definition) is 0. The maximum atomic E-state index is 13.3. The normalized spacial score (nSPS) is 42.9. The molecule has 0 aromatic rings. The van der Waals surface area contributed by atoms with E-state index in [0.29, 0.717) is 12.8 Å². The van der Waals surface area contributed by atoms with E-state index in [1.165, 1.54) is 0 Å². The molecule has 0 N–H and O–H groups in total. The maximum absolute atomic E-state index is 13.3. The fourth-order valence-electron chi connectivity index (χ4n) is 3.94. The number of methoxy groups -OCH3 is 1. The Balaban J connectivity index is 2.00. The van der Waals surface area contributed by atoms with Crippen molar-refractivity contribution in [1.29, 1.82) is 0 Å². The highest BCUT2D eigenvalue weighted by Gasteiger charge is 2.59. The van der Waals surface area contributed by atoms with Crippen LogP contribution in [0.1, 0.15) is 40.5 Å². The molecule has 7 heteroatoms. The number of fused-ring (bicyclic) bond motifs is 1. The molecule has 2 saturated heterocycles. The molecule has 0 radical (unpaired) electrons. The van der Waals surface area contributed by atoms with Crippen LogP contribution in [0.25, 0.3) is 0 Å². The van der Waals surface area contributed by atoms with Crippen LogP contribution in [-0.4, -0.2) is 54.8 Å². The van der Waals surface area contributed by atoms with Crippen molar-refractivity contribution < 1.29 is 33.3 Å². The Hall–Kier alpha value is -1.99. The molecule has 3 aliphatic rings. The molecule has 1 aliphatic carbocycles. The Bertz CT molecular complexity index is 739. The summed E-state index contributed by atoms with van der Waals surface area (Å²) in [5.74, 6) is -2.80. The van der Waals surface area contributed by atoms with Gasteiger partial charge in [0.1, 0.15) is 6.10 Å². The fourth-order valence-corrected chi connectivity index (χ4v) is 3.94. The SMILES string of the molecule is C=C1C(=O)O[C@H]2/C=C(\C)CC[C@H](OC)[C@@H](C)C(=O)[C@H](OC(=O)[C@]3(C)O[C@@H]3C)[C@@H]12. The minimum Gasteiger partial charge on any atom is -0.454 e. The molecule has 0 spiro atoms. The van der Waals surface area contributed by atoms with Gasteiger partial charge in [0, 0.05) is 18.6 Å². The molecule has 0 aromatic heterocycles. The van der Waals surface area contributed by atoms with Gasteiger partial charge in [0.15, 0.2) is 17.5 Å². The molecule has 7 atom stereocenters. The van der Waals surface area contributed by atoms with Crippen molar-refractivity contribution >= 4 is 17.7 Å². The maximum Gasteiger partial charge on any atom is 0.341 e. The largest absolute Gasteiger partial charge is 0.454 e. The lowest BCUT2D eigenvalue weighted by Gasteiger charge is -2.31. The quantitative estimate of drug-likeness (QED) is 0.314. The summed E-state index contributed by atoms with van der Waals surface area (Å²) in [6.45, 7) is 10.9. The summed E-state index contributed by atoms with van der Waals surface area (Å²) in [7, 11) is 1.56. The van der Waals surface area contributed by atoms with Gasteiger partial charge < -0.3 is 18.9 Å². The summed E-state index contributed by atoms with van der Waals surface area (Å²) < 4.78 is 22.0. The third-order valence-electron chi connectivity index (χ3n) is 6.23. The van der Waals surface area contributed by atoms with Crippen molar-refractivity contribution in [1.82, 2.24) is 0 Å². The molecule has 0 aromatic carbocycles. The number of esters is 2. The first-order chi connectivity index (χ1) is 13.1. The van der Waals surface area contributed by atoms with Gasteiger partial charge in [-0.3, -0.25) is 4.79 Å². The molecule has 0 amide bonds. The zero-order valence-electron chi connectivity index (χ0n) is 17.0. The molecule has 2 aliphatic heterocycles. The summed E-state index contributed by atoms with van der Waals surface area (Å²) in [5.41, 5.74) is 0.0695. The number of carbonyl (C=O) groups is 3. The first kappa shape index (κ1) is 20.7. The molecule has 0 bridgehead atoms. The lowest BCUT2D eigenvalue weighted by Crippen LogP contribution is -2.46. The Kier molecular flexibility index (Phi) is 5.51. The molecular formula is C21H28O7. The van der Waals surface area contributed by atoms with Crippen LogP contribution in [0.15, 0.2) is 23.8 Å². The van der Waals surface area contributed by atoms with Gasteiger partial charge in [-0.25, -0.2) is 9.59 Å². The van der Waals surface area contributed by atoms with E-state index in [0.717, 1.165) is 5.57 Å². The second-order valence-corrected chi connectivity index (χ2v) is 8.13. The summed E-state index contributed by atoms with van der Waals surface area (Å²) in [5, 5.41) is 0. The van der Waals surface area contributed by atoms with Crippen molar-refractivity contribution in [3.05, 3.63) is 23.8 Å². The average molecular weight is 392 g/mol. The first-order valence-electron chi connectivity index (χ1n) is 9.62. The van der Waals surface area contributed by atoms with Gasteiger partial charge in [0.05, 0.1) is 18.1 Å². The molecule has 7 nitrogen and oxygen atoms in total. The van der Waals surface area contributed by atoms with E-state index in [4.69, 9.17) is 18.9 Å². The topological polar surface area (TPSA) is 91.4 Å². The minimum absolute atomic E-state index is 0.136. The standard InChI is InChI=1S/C21H28O7/c1-10-7-8-14(25-6)11(2)17(22)18(27-20(24)21(5)13(4)28-21)16-12(3)19(23)26-15(16)9-10/h9,11,13-16,18H,3,7-8H2,1-2,4-6H3/b10-9+/t11-,13-,14+,15+,16+,18-,21-/m1/s1. The third kappa shape index (κ3) is 3.53. The number of allylic oxidation sites excluding steroid dienone is 1. The Labute approximate surface area is 165 Å². The molecule has 0 unspecified atom stereocenters. The second kappa shape index (κ2) is 7.44. The van der Waals surface area contributed by atoms with Gasteiger partial charge in [0.25, 0.3) is 0 Å². The van der Waals surface area contributed by atoms with E-state index in [2.05, 4.69) is 6.58 Å². The zero-order chi connectivity index (χ0) is 20.8. The van der Waals surface area contributed by atoms with Crippen LogP contribution in [-0.2, 0) is 33.3 Å². The molecule has 28 heavy (non-hydrogen) atoms. The number of ether oxygens (including phenoxy) is 4. The van der Waals surface area contributed by atoms with Crippen molar-refractivity contribution in [3.63, 3.8) is 0 Å². The van der Waals surface area contributed by atoms with Crippen molar-refractivity contribution in [3.8, 4) is 0 Å². The monoisotopic (exact) mass is 392 g/mol. The van der Waals surface area contributed by atoms with Gasteiger partial charge in [-0.1, -0.05) is 19.1 Å². The van der Waals surface area contributed by atoms with E-state index in [-0.39, 0.29) is 23.6 Å². The zero-order valence-corrected chi connectivity index (χ0v) is 17.0. The van der Waals surface area contributed by atoms with Crippen LogP contribution in [0.5, 0.6) is 0 Å². The number of Topliss-reactive ketones (excluding diaryl/α,β-unsaturated/α-hetero) is 1. The van der Waals surface area contributed by atoms with Crippen molar-refractivity contribution in [2.24, 2.45) is 11.8 Å². The first-order valence-corrected chi connectivity index (χ1v) is 9.62.